The zero-order valence-electron chi connectivity index (χ0n) is 13.9. The Hall–Kier alpha value is -2.67. The molecule has 0 radical (unpaired) electrons. The molecule has 0 aliphatic rings. The number of ether oxygens (including phenoxy) is 1. The summed E-state index contributed by atoms with van der Waals surface area (Å²) < 4.78 is 6.20. The van der Waals surface area contributed by atoms with E-state index in [4.69, 9.17) is 16.3 Å². The molecule has 0 amide bonds. The summed E-state index contributed by atoms with van der Waals surface area (Å²) in [5, 5.41) is 9.54. The van der Waals surface area contributed by atoms with Crippen molar-refractivity contribution in [2.45, 2.75) is 32.9 Å². The molecule has 1 N–H and O–H groups in total. The Balaban J connectivity index is 2.48. The summed E-state index contributed by atoms with van der Waals surface area (Å²) in [5.74, 6) is -2.02. The zero-order chi connectivity index (χ0) is 18.8. The number of carbonyl (C=O) groups is 2. The van der Waals surface area contributed by atoms with Crippen LogP contribution in [0, 0.1) is 0 Å². The standard InChI is InChI=1S/C17H17ClN2O5/c1-17(2,3)25-14(21)9-20-8-11(6-12(15(20)22)16(23)24)10-4-5-13(18)19-7-10/h4-8H,9H2,1-3H3,(H,23,24). The Labute approximate surface area is 148 Å². The highest BCUT2D eigenvalue weighted by Gasteiger charge is 2.20. The molecule has 0 unspecified atom stereocenters. The number of carboxylic acids is 1. The maximum Gasteiger partial charge on any atom is 0.341 e. The molecule has 2 aromatic heterocycles. The van der Waals surface area contributed by atoms with Gasteiger partial charge in [-0.2, -0.15) is 0 Å². The van der Waals surface area contributed by atoms with E-state index in [2.05, 4.69) is 4.98 Å². The SMILES string of the molecule is CC(C)(C)OC(=O)Cn1cc(-c2ccc(Cl)nc2)cc(C(=O)O)c1=O. The summed E-state index contributed by atoms with van der Waals surface area (Å²) >= 11 is 5.75. The number of carboxylic acid groups (broad SMARTS) is 1. The quantitative estimate of drug-likeness (QED) is 0.661. The fraction of sp³-hybridized carbons (Fsp3) is 0.294. The third-order valence-electron chi connectivity index (χ3n) is 3.10. The highest BCUT2D eigenvalue weighted by Crippen LogP contribution is 2.20. The second-order valence-corrected chi connectivity index (χ2v) is 6.72. The van der Waals surface area contributed by atoms with Crippen molar-refractivity contribution in [3.05, 3.63) is 51.7 Å². The summed E-state index contributed by atoms with van der Waals surface area (Å²) in [6, 6.07) is 4.42. The van der Waals surface area contributed by atoms with Crippen LogP contribution in [0.2, 0.25) is 5.15 Å². The molecule has 7 nitrogen and oxygen atoms in total. The van der Waals surface area contributed by atoms with Crippen LogP contribution in [-0.2, 0) is 16.1 Å². The zero-order valence-corrected chi connectivity index (χ0v) is 14.7. The van der Waals surface area contributed by atoms with E-state index in [-0.39, 0.29) is 5.15 Å². The predicted molar refractivity (Wildman–Crippen MR) is 91.7 cm³/mol. The van der Waals surface area contributed by atoms with E-state index in [1.807, 2.05) is 0 Å². The summed E-state index contributed by atoms with van der Waals surface area (Å²) in [6.45, 7) is 4.70. The van der Waals surface area contributed by atoms with E-state index in [0.29, 0.717) is 11.1 Å². The normalized spacial score (nSPS) is 11.2. The second-order valence-electron chi connectivity index (χ2n) is 6.34. The lowest BCUT2D eigenvalue weighted by atomic mass is 10.1. The van der Waals surface area contributed by atoms with Gasteiger partial charge in [0.25, 0.3) is 5.56 Å². The van der Waals surface area contributed by atoms with Crippen LogP contribution in [0.3, 0.4) is 0 Å². The minimum Gasteiger partial charge on any atom is -0.477 e. The molecule has 0 aromatic carbocycles. The Kier molecular flexibility index (Phi) is 5.27. The van der Waals surface area contributed by atoms with Gasteiger partial charge >= 0.3 is 11.9 Å². The predicted octanol–water partition coefficient (Wildman–Crippen LogP) is 2.60. The topological polar surface area (TPSA) is 98.5 Å². The number of pyridine rings is 2. The molecule has 0 aliphatic carbocycles. The van der Waals surface area contributed by atoms with E-state index in [0.717, 1.165) is 4.57 Å². The third-order valence-corrected chi connectivity index (χ3v) is 3.32. The monoisotopic (exact) mass is 364 g/mol. The van der Waals surface area contributed by atoms with Crippen molar-refractivity contribution in [3.8, 4) is 11.1 Å². The molecule has 0 saturated heterocycles. The number of halogens is 1. The first kappa shape index (κ1) is 18.7. The van der Waals surface area contributed by atoms with Crippen molar-refractivity contribution in [3.63, 3.8) is 0 Å². The number of carbonyl (C=O) groups excluding carboxylic acids is 1. The molecular weight excluding hydrogens is 348 g/mol. The summed E-state index contributed by atoms with van der Waals surface area (Å²) in [5.41, 5.74) is -0.969. The molecule has 0 aliphatic heterocycles. The fourth-order valence-corrected chi connectivity index (χ4v) is 2.24. The van der Waals surface area contributed by atoms with Crippen LogP contribution in [0.5, 0.6) is 0 Å². The van der Waals surface area contributed by atoms with Gasteiger partial charge in [-0.05, 0) is 39.0 Å². The van der Waals surface area contributed by atoms with Crippen LogP contribution in [-0.4, -0.2) is 32.2 Å². The Morgan fingerprint density at radius 1 is 1.28 bits per heavy atom. The molecule has 132 valence electrons. The van der Waals surface area contributed by atoms with E-state index in [1.165, 1.54) is 18.5 Å². The Bertz CT molecular complexity index is 866. The number of aromatic carboxylic acids is 1. The smallest absolute Gasteiger partial charge is 0.341 e. The molecule has 0 fully saturated rings. The van der Waals surface area contributed by atoms with Crippen molar-refractivity contribution in [1.29, 1.82) is 0 Å². The van der Waals surface area contributed by atoms with Gasteiger partial charge in [-0.15, -0.1) is 0 Å². The van der Waals surface area contributed by atoms with Gasteiger partial charge in [0.05, 0.1) is 0 Å². The van der Waals surface area contributed by atoms with Gasteiger partial charge < -0.3 is 14.4 Å². The average molecular weight is 365 g/mol. The van der Waals surface area contributed by atoms with Gasteiger partial charge in [0.1, 0.15) is 22.9 Å². The van der Waals surface area contributed by atoms with Crippen molar-refractivity contribution >= 4 is 23.5 Å². The number of esters is 1. The maximum atomic E-state index is 12.3. The Morgan fingerprint density at radius 3 is 2.48 bits per heavy atom. The van der Waals surface area contributed by atoms with E-state index >= 15 is 0 Å². The molecule has 8 heteroatoms. The fourth-order valence-electron chi connectivity index (χ4n) is 2.12. The van der Waals surface area contributed by atoms with Crippen LogP contribution in [0.4, 0.5) is 0 Å². The first-order valence-corrected chi connectivity index (χ1v) is 7.76. The maximum absolute atomic E-state index is 12.3. The number of hydrogen-bond acceptors (Lipinski definition) is 5. The highest BCUT2D eigenvalue weighted by molar-refractivity contribution is 6.29. The number of aromatic nitrogens is 2. The molecule has 0 bridgehead atoms. The van der Waals surface area contributed by atoms with Gasteiger partial charge in [0.15, 0.2) is 0 Å². The average Bonchev–Trinajstić information content (AvgIpc) is 2.48. The molecule has 2 rings (SSSR count). The second kappa shape index (κ2) is 7.06. The molecule has 2 heterocycles. The van der Waals surface area contributed by atoms with E-state index in [1.54, 1.807) is 32.9 Å². The van der Waals surface area contributed by atoms with E-state index in [9.17, 15) is 19.5 Å². The van der Waals surface area contributed by atoms with E-state index < -0.39 is 35.2 Å². The summed E-state index contributed by atoms with van der Waals surface area (Å²) in [7, 11) is 0. The third kappa shape index (κ3) is 4.90. The van der Waals surface area contributed by atoms with Gasteiger partial charge in [-0.1, -0.05) is 11.6 Å². The molecule has 0 spiro atoms. The van der Waals surface area contributed by atoms with Crippen LogP contribution in [0.25, 0.3) is 11.1 Å². The van der Waals surface area contributed by atoms with Gasteiger partial charge in [-0.25, -0.2) is 9.78 Å². The van der Waals surface area contributed by atoms with Crippen molar-refractivity contribution in [2.24, 2.45) is 0 Å². The lowest BCUT2D eigenvalue weighted by Gasteiger charge is -2.20. The molecule has 25 heavy (non-hydrogen) atoms. The van der Waals surface area contributed by atoms with Crippen LogP contribution in [0.1, 0.15) is 31.1 Å². The number of rotatable bonds is 4. The number of hydrogen-bond donors (Lipinski definition) is 1. The minimum absolute atomic E-state index is 0.282. The van der Waals surface area contributed by atoms with Crippen LogP contribution >= 0.6 is 11.6 Å². The van der Waals surface area contributed by atoms with Crippen LogP contribution in [0.15, 0.2) is 35.4 Å². The lowest BCUT2D eigenvalue weighted by molar-refractivity contribution is -0.155. The lowest BCUT2D eigenvalue weighted by Crippen LogP contribution is -2.32. The first-order valence-electron chi connectivity index (χ1n) is 7.38. The molecule has 0 saturated carbocycles. The van der Waals surface area contributed by atoms with Gasteiger partial charge in [-0.3, -0.25) is 9.59 Å². The molecular formula is C17H17ClN2O5. The van der Waals surface area contributed by atoms with Crippen molar-refractivity contribution in [1.82, 2.24) is 9.55 Å². The molecule has 2 aromatic rings. The van der Waals surface area contributed by atoms with Gasteiger partial charge in [0, 0.05) is 23.5 Å². The van der Waals surface area contributed by atoms with Crippen LogP contribution < -0.4 is 5.56 Å². The first-order chi connectivity index (χ1) is 11.6. The van der Waals surface area contributed by atoms with Crippen molar-refractivity contribution in [2.75, 3.05) is 0 Å². The summed E-state index contributed by atoms with van der Waals surface area (Å²) in [4.78, 5) is 39.6. The Morgan fingerprint density at radius 2 is 1.96 bits per heavy atom. The van der Waals surface area contributed by atoms with Crippen molar-refractivity contribution < 1.29 is 19.4 Å². The highest BCUT2D eigenvalue weighted by atomic mass is 35.5. The van der Waals surface area contributed by atoms with Gasteiger partial charge in [0.2, 0.25) is 0 Å². The number of nitrogens with zero attached hydrogens (tertiary/aromatic N) is 2. The molecule has 0 atom stereocenters. The summed E-state index contributed by atoms with van der Waals surface area (Å²) in [6.07, 6.45) is 2.84. The largest absolute Gasteiger partial charge is 0.477 e. The minimum atomic E-state index is -1.38.